The Morgan fingerprint density at radius 1 is 1.44 bits per heavy atom. The molecule has 0 bridgehead atoms. The maximum Gasteiger partial charge on any atom is 0.283 e. The highest BCUT2D eigenvalue weighted by atomic mass is 79.9. The van der Waals surface area contributed by atoms with Gasteiger partial charge in [0.1, 0.15) is 0 Å². The number of benzene rings is 1. The Kier molecular flexibility index (Phi) is 3.66. The Hall–Kier alpha value is -1.82. The molecule has 0 aliphatic carbocycles. The number of aryl methyl sites for hydroxylation is 1. The number of rotatable bonds is 4. The first-order valence-electron chi connectivity index (χ1n) is 5.36. The zero-order valence-electron chi connectivity index (χ0n) is 9.76. The second kappa shape index (κ2) is 5.22. The van der Waals surface area contributed by atoms with E-state index in [4.69, 9.17) is 0 Å². The van der Waals surface area contributed by atoms with E-state index in [1.54, 1.807) is 12.1 Å². The number of hydrogen-bond donors (Lipinski definition) is 1. The van der Waals surface area contributed by atoms with Gasteiger partial charge in [0.25, 0.3) is 5.69 Å². The number of hydrogen-bond acceptors (Lipinski definition) is 3. The van der Waals surface area contributed by atoms with E-state index in [1.807, 2.05) is 29.9 Å². The molecule has 0 spiro atoms. The van der Waals surface area contributed by atoms with E-state index in [0.29, 0.717) is 11.0 Å². The Morgan fingerprint density at radius 2 is 2.22 bits per heavy atom. The predicted molar refractivity (Wildman–Crippen MR) is 73.5 cm³/mol. The van der Waals surface area contributed by atoms with Gasteiger partial charge in [0.15, 0.2) is 0 Å². The van der Waals surface area contributed by atoms with E-state index in [-0.39, 0.29) is 5.69 Å². The third kappa shape index (κ3) is 2.70. The van der Waals surface area contributed by atoms with Gasteiger partial charge in [-0.15, -0.1) is 0 Å². The van der Waals surface area contributed by atoms with Crippen LogP contribution in [0.3, 0.4) is 0 Å². The molecule has 6 heteroatoms. The summed E-state index contributed by atoms with van der Waals surface area (Å²) in [5.74, 6) is 0. The van der Waals surface area contributed by atoms with Crippen molar-refractivity contribution in [2.45, 2.75) is 6.54 Å². The monoisotopic (exact) mass is 309 g/mol. The van der Waals surface area contributed by atoms with Crippen LogP contribution in [0.25, 0.3) is 0 Å². The molecule has 0 saturated carbocycles. The molecule has 1 aromatic heterocycles. The number of nitro benzene ring substituents is 1. The fourth-order valence-electron chi connectivity index (χ4n) is 1.64. The van der Waals surface area contributed by atoms with Gasteiger partial charge >= 0.3 is 0 Å². The van der Waals surface area contributed by atoms with Crippen molar-refractivity contribution >= 4 is 27.3 Å². The maximum absolute atomic E-state index is 10.7. The van der Waals surface area contributed by atoms with Gasteiger partial charge in [-0.25, -0.2) is 0 Å². The van der Waals surface area contributed by atoms with Crippen LogP contribution >= 0.6 is 15.9 Å². The highest BCUT2D eigenvalue weighted by Crippen LogP contribution is 2.27. The first-order chi connectivity index (χ1) is 8.58. The predicted octanol–water partition coefficient (Wildman–Crippen LogP) is 3.31. The van der Waals surface area contributed by atoms with Crippen LogP contribution in [-0.2, 0) is 13.6 Å². The van der Waals surface area contributed by atoms with Crippen LogP contribution in [0.5, 0.6) is 0 Å². The molecule has 0 saturated heterocycles. The minimum absolute atomic E-state index is 0.0689. The number of halogens is 1. The Bertz CT molecular complexity index is 580. The smallest absolute Gasteiger partial charge is 0.283 e. The molecule has 0 unspecified atom stereocenters. The molecule has 0 fully saturated rings. The largest absolute Gasteiger partial charge is 0.379 e. The molecule has 0 amide bonds. The Morgan fingerprint density at radius 3 is 2.78 bits per heavy atom. The van der Waals surface area contributed by atoms with Gasteiger partial charge in [-0.2, -0.15) is 0 Å². The summed E-state index contributed by atoms with van der Waals surface area (Å²) in [7, 11) is 1.97. The number of aromatic nitrogens is 1. The molecule has 2 rings (SSSR count). The second-order valence-electron chi connectivity index (χ2n) is 3.89. The van der Waals surface area contributed by atoms with E-state index >= 15 is 0 Å². The van der Waals surface area contributed by atoms with Crippen molar-refractivity contribution in [1.82, 2.24) is 4.57 Å². The minimum atomic E-state index is -0.412. The summed E-state index contributed by atoms with van der Waals surface area (Å²) < 4.78 is 2.50. The second-order valence-corrected chi connectivity index (χ2v) is 4.74. The average molecular weight is 310 g/mol. The quantitative estimate of drug-likeness (QED) is 0.696. The summed E-state index contributed by atoms with van der Waals surface area (Å²) >= 11 is 3.19. The normalized spacial score (nSPS) is 10.3. The third-order valence-corrected chi connectivity index (χ3v) is 3.30. The van der Waals surface area contributed by atoms with Gasteiger partial charge in [-0.1, -0.05) is 0 Å². The average Bonchev–Trinajstić information content (AvgIpc) is 2.72. The molecular weight excluding hydrogens is 298 g/mol. The zero-order chi connectivity index (χ0) is 13.1. The first-order valence-corrected chi connectivity index (χ1v) is 6.15. The summed E-state index contributed by atoms with van der Waals surface area (Å²) in [6.45, 7) is 0.674. The fraction of sp³-hybridized carbons (Fsp3) is 0.167. The molecule has 0 radical (unpaired) electrons. The maximum atomic E-state index is 10.7. The van der Waals surface area contributed by atoms with Gasteiger partial charge in [0.2, 0.25) is 0 Å². The molecular formula is C12H12BrN3O2. The van der Waals surface area contributed by atoms with Gasteiger partial charge < -0.3 is 9.88 Å². The molecule has 1 heterocycles. The van der Waals surface area contributed by atoms with E-state index in [0.717, 1.165) is 11.4 Å². The van der Waals surface area contributed by atoms with Crippen molar-refractivity contribution in [2.24, 2.45) is 7.05 Å². The molecule has 0 atom stereocenters. The SMILES string of the molecule is Cn1cccc1CNc1ccc([N+](=O)[O-])c(Br)c1. The lowest BCUT2D eigenvalue weighted by Gasteiger charge is -2.08. The van der Waals surface area contributed by atoms with Gasteiger partial charge in [0.05, 0.1) is 15.9 Å². The van der Waals surface area contributed by atoms with Gasteiger partial charge in [-0.3, -0.25) is 10.1 Å². The van der Waals surface area contributed by atoms with Gasteiger partial charge in [-0.05, 0) is 40.2 Å². The van der Waals surface area contributed by atoms with Crippen molar-refractivity contribution in [1.29, 1.82) is 0 Å². The van der Waals surface area contributed by atoms with Gasteiger partial charge in [0, 0.05) is 30.7 Å². The Balaban J connectivity index is 2.09. The summed E-state index contributed by atoms with van der Waals surface area (Å²) in [5.41, 5.74) is 2.05. The summed E-state index contributed by atoms with van der Waals surface area (Å²) in [6, 6.07) is 8.89. The standard InChI is InChI=1S/C12H12BrN3O2/c1-15-6-2-3-10(15)8-14-9-4-5-12(16(17)18)11(13)7-9/h2-7,14H,8H2,1H3. The van der Waals surface area contributed by atoms with Crippen LogP contribution in [0.15, 0.2) is 41.0 Å². The van der Waals surface area contributed by atoms with E-state index in [9.17, 15) is 10.1 Å². The molecule has 5 nitrogen and oxygen atoms in total. The van der Waals surface area contributed by atoms with Crippen molar-refractivity contribution in [3.8, 4) is 0 Å². The number of anilines is 1. The van der Waals surface area contributed by atoms with Crippen LogP contribution in [0.2, 0.25) is 0 Å². The summed E-state index contributed by atoms with van der Waals surface area (Å²) in [5, 5.41) is 13.9. The lowest BCUT2D eigenvalue weighted by Crippen LogP contribution is -2.04. The van der Waals surface area contributed by atoms with Crippen LogP contribution in [0.1, 0.15) is 5.69 Å². The van der Waals surface area contributed by atoms with Crippen molar-refractivity contribution in [3.63, 3.8) is 0 Å². The third-order valence-electron chi connectivity index (χ3n) is 2.67. The molecule has 1 N–H and O–H groups in total. The number of nitrogens with one attached hydrogen (secondary N) is 1. The molecule has 1 aromatic carbocycles. The van der Waals surface area contributed by atoms with Crippen LogP contribution in [0, 0.1) is 10.1 Å². The van der Waals surface area contributed by atoms with Crippen LogP contribution in [-0.4, -0.2) is 9.49 Å². The first kappa shape index (κ1) is 12.6. The van der Waals surface area contributed by atoms with Crippen molar-refractivity contribution in [3.05, 3.63) is 56.8 Å². The van der Waals surface area contributed by atoms with Crippen molar-refractivity contribution < 1.29 is 4.92 Å². The lowest BCUT2D eigenvalue weighted by atomic mass is 10.3. The van der Waals surface area contributed by atoms with Crippen molar-refractivity contribution in [2.75, 3.05) is 5.32 Å². The Labute approximate surface area is 113 Å². The molecule has 94 valence electrons. The number of nitrogens with zero attached hydrogens (tertiary/aromatic N) is 2. The molecule has 18 heavy (non-hydrogen) atoms. The summed E-state index contributed by atoms with van der Waals surface area (Å²) in [6.07, 6.45) is 1.97. The number of nitro groups is 1. The molecule has 0 aliphatic rings. The van der Waals surface area contributed by atoms with Crippen LogP contribution < -0.4 is 5.32 Å². The zero-order valence-corrected chi connectivity index (χ0v) is 11.3. The molecule has 2 aromatic rings. The lowest BCUT2D eigenvalue weighted by molar-refractivity contribution is -0.385. The summed E-state index contributed by atoms with van der Waals surface area (Å²) in [4.78, 5) is 10.3. The minimum Gasteiger partial charge on any atom is -0.379 e. The molecule has 0 aliphatic heterocycles. The van der Waals surface area contributed by atoms with E-state index < -0.39 is 4.92 Å². The topological polar surface area (TPSA) is 60.1 Å². The highest BCUT2D eigenvalue weighted by Gasteiger charge is 2.11. The van der Waals surface area contributed by atoms with E-state index in [2.05, 4.69) is 21.2 Å². The highest BCUT2D eigenvalue weighted by molar-refractivity contribution is 9.10. The fourth-order valence-corrected chi connectivity index (χ4v) is 2.16. The van der Waals surface area contributed by atoms with Crippen LogP contribution in [0.4, 0.5) is 11.4 Å². The van der Waals surface area contributed by atoms with E-state index in [1.165, 1.54) is 6.07 Å².